The SMILES string of the molecule is CC1COCCC1C(NN)c1cccc2c1OCCC2. The van der Waals surface area contributed by atoms with Crippen molar-refractivity contribution in [2.45, 2.75) is 32.2 Å². The predicted molar refractivity (Wildman–Crippen MR) is 78.4 cm³/mol. The van der Waals surface area contributed by atoms with Crippen LogP contribution in [0.25, 0.3) is 0 Å². The van der Waals surface area contributed by atoms with Crippen LogP contribution in [0.2, 0.25) is 0 Å². The Kier molecular flexibility index (Phi) is 4.24. The van der Waals surface area contributed by atoms with Gasteiger partial charge in [-0.05, 0) is 36.7 Å². The van der Waals surface area contributed by atoms with E-state index in [0.29, 0.717) is 11.8 Å². The molecule has 0 bridgehead atoms. The lowest BCUT2D eigenvalue weighted by atomic mass is 9.80. The lowest BCUT2D eigenvalue weighted by Crippen LogP contribution is -2.40. The highest BCUT2D eigenvalue weighted by molar-refractivity contribution is 5.44. The van der Waals surface area contributed by atoms with Crippen LogP contribution in [0.5, 0.6) is 5.75 Å². The quantitative estimate of drug-likeness (QED) is 0.656. The molecule has 3 N–H and O–H groups in total. The van der Waals surface area contributed by atoms with Crippen molar-refractivity contribution in [2.24, 2.45) is 17.7 Å². The van der Waals surface area contributed by atoms with E-state index in [1.54, 1.807) is 0 Å². The Labute approximate surface area is 120 Å². The summed E-state index contributed by atoms with van der Waals surface area (Å²) in [6.45, 7) is 4.69. The summed E-state index contributed by atoms with van der Waals surface area (Å²) in [6, 6.07) is 6.58. The summed E-state index contributed by atoms with van der Waals surface area (Å²) < 4.78 is 11.5. The van der Waals surface area contributed by atoms with Crippen LogP contribution in [0.3, 0.4) is 0 Å². The minimum atomic E-state index is 0.141. The number of benzene rings is 1. The summed E-state index contributed by atoms with van der Waals surface area (Å²) in [7, 11) is 0. The summed E-state index contributed by atoms with van der Waals surface area (Å²) in [5.74, 6) is 7.94. The predicted octanol–water partition coefficient (Wildman–Crippen LogP) is 2.19. The zero-order valence-corrected chi connectivity index (χ0v) is 12.1. The van der Waals surface area contributed by atoms with Crippen molar-refractivity contribution < 1.29 is 9.47 Å². The van der Waals surface area contributed by atoms with E-state index in [-0.39, 0.29) is 6.04 Å². The Morgan fingerprint density at radius 2 is 2.25 bits per heavy atom. The van der Waals surface area contributed by atoms with Gasteiger partial charge in [0.2, 0.25) is 0 Å². The molecule has 0 amide bonds. The fourth-order valence-corrected chi connectivity index (χ4v) is 3.50. The van der Waals surface area contributed by atoms with Gasteiger partial charge in [0.1, 0.15) is 5.75 Å². The zero-order valence-electron chi connectivity index (χ0n) is 12.1. The van der Waals surface area contributed by atoms with Gasteiger partial charge in [0.05, 0.1) is 12.6 Å². The van der Waals surface area contributed by atoms with Crippen molar-refractivity contribution in [1.29, 1.82) is 0 Å². The maximum Gasteiger partial charge on any atom is 0.127 e. The molecule has 2 aliphatic rings. The average Bonchev–Trinajstić information content (AvgIpc) is 2.50. The minimum Gasteiger partial charge on any atom is -0.493 e. The van der Waals surface area contributed by atoms with E-state index in [1.165, 1.54) is 11.1 Å². The number of aryl methyl sites for hydroxylation is 1. The summed E-state index contributed by atoms with van der Waals surface area (Å²) in [5, 5.41) is 0. The van der Waals surface area contributed by atoms with Crippen molar-refractivity contribution in [1.82, 2.24) is 5.43 Å². The fourth-order valence-electron chi connectivity index (χ4n) is 3.50. The molecular weight excluding hydrogens is 252 g/mol. The number of hydrazine groups is 1. The third-order valence-electron chi connectivity index (χ3n) is 4.61. The van der Waals surface area contributed by atoms with Gasteiger partial charge in [-0.15, -0.1) is 0 Å². The Morgan fingerprint density at radius 3 is 3.05 bits per heavy atom. The number of rotatable bonds is 3. The standard InChI is InChI=1S/C16H24N2O2/c1-11-10-19-9-7-13(11)15(18-17)14-6-2-4-12-5-3-8-20-16(12)14/h2,4,6,11,13,15,18H,3,5,7-10,17H2,1H3. The van der Waals surface area contributed by atoms with Crippen molar-refractivity contribution in [3.63, 3.8) is 0 Å². The van der Waals surface area contributed by atoms with Gasteiger partial charge in [-0.2, -0.15) is 0 Å². The van der Waals surface area contributed by atoms with Gasteiger partial charge < -0.3 is 9.47 Å². The maximum atomic E-state index is 5.94. The van der Waals surface area contributed by atoms with Gasteiger partial charge in [-0.3, -0.25) is 11.3 Å². The number of nitrogens with one attached hydrogen (secondary N) is 1. The number of hydrogen-bond acceptors (Lipinski definition) is 4. The molecule has 1 saturated heterocycles. The lowest BCUT2D eigenvalue weighted by Gasteiger charge is -2.36. The molecule has 1 aromatic carbocycles. The van der Waals surface area contributed by atoms with Gasteiger partial charge in [-0.25, -0.2) is 0 Å². The van der Waals surface area contributed by atoms with Gasteiger partial charge in [0.25, 0.3) is 0 Å². The molecular formula is C16H24N2O2. The third kappa shape index (κ3) is 2.55. The van der Waals surface area contributed by atoms with Crippen molar-refractivity contribution in [3.05, 3.63) is 29.3 Å². The first-order chi connectivity index (χ1) is 9.81. The van der Waals surface area contributed by atoms with Gasteiger partial charge in [0.15, 0.2) is 0 Å². The van der Waals surface area contributed by atoms with Crippen LogP contribution in [-0.2, 0) is 11.2 Å². The zero-order chi connectivity index (χ0) is 13.9. The van der Waals surface area contributed by atoms with Crippen LogP contribution in [0.4, 0.5) is 0 Å². The highest BCUT2D eigenvalue weighted by Crippen LogP contribution is 2.39. The first kappa shape index (κ1) is 13.9. The molecule has 0 aliphatic carbocycles. The first-order valence-electron chi connectivity index (χ1n) is 7.59. The van der Waals surface area contributed by atoms with E-state index in [0.717, 1.165) is 44.8 Å². The topological polar surface area (TPSA) is 56.5 Å². The van der Waals surface area contributed by atoms with Crippen LogP contribution in [-0.4, -0.2) is 19.8 Å². The van der Waals surface area contributed by atoms with E-state index in [1.807, 2.05) is 0 Å². The number of hydrogen-bond donors (Lipinski definition) is 2. The van der Waals surface area contributed by atoms with Gasteiger partial charge >= 0.3 is 0 Å². The van der Waals surface area contributed by atoms with E-state index in [4.69, 9.17) is 15.3 Å². The maximum absolute atomic E-state index is 5.94. The second-order valence-corrected chi connectivity index (χ2v) is 5.94. The number of ether oxygens (including phenoxy) is 2. The second kappa shape index (κ2) is 6.12. The monoisotopic (exact) mass is 276 g/mol. The molecule has 2 heterocycles. The largest absolute Gasteiger partial charge is 0.493 e. The Bertz CT molecular complexity index is 464. The van der Waals surface area contributed by atoms with Crippen LogP contribution >= 0.6 is 0 Å². The van der Waals surface area contributed by atoms with E-state index < -0.39 is 0 Å². The Hall–Kier alpha value is -1.10. The fraction of sp³-hybridized carbons (Fsp3) is 0.625. The minimum absolute atomic E-state index is 0.141. The van der Waals surface area contributed by atoms with E-state index >= 15 is 0 Å². The molecule has 4 nitrogen and oxygen atoms in total. The molecule has 2 aliphatic heterocycles. The van der Waals surface area contributed by atoms with Crippen molar-refractivity contribution >= 4 is 0 Å². The van der Waals surface area contributed by atoms with Crippen molar-refractivity contribution in [2.75, 3.05) is 19.8 Å². The van der Waals surface area contributed by atoms with Crippen LogP contribution in [0.1, 0.15) is 36.9 Å². The van der Waals surface area contributed by atoms with Crippen LogP contribution in [0, 0.1) is 11.8 Å². The number of nitrogens with two attached hydrogens (primary N) is 1. The molecule has 4 heteroatoms. The molecule has 0 spiro atoms. The smallest absolute Gasteiger partial charge is 0.127 e. The Balaban J connectivity index is 1.92. The molecule has 3 unspecified atom stereocenters. The summed E-state index contributed by atoms with van der Waals surface area (Å²) in [4.78, 5) is 0. The highest BCUT2D eigenvalue weighted by Gasteiger charge is 2.32. The van der Waals surface area contributed by atoms with Crippen LogP contribution < -0.4 is 16.0 Å². The normalized spacial score (nSPS) is 27.5. The van der Waals surface area contributed by atoms with Gasteiger partial charge in [0, 0.05) is 18.8 Å². The first-order valence-corrected chi connectivity index (χ1v) is 7.59. The average molecular weight is 276 g/mol. The Morgan fingerprint density at radius 1 is 1.35 bits per heavy atom. The van der Waals surface area contributed by atoms with E-state index in [2.05, 4.69) is 30.5 Å². The molecule has 1 aromatic rings. The van der Waals surface area contributed by atoms with Crippen molar-refractivity contribution in [3.8, 4) is 5.75 Å². The molecule has 0 aromatic heterocycles. The van der Waals surface area contributed by atoms with Gasteiger partial charge in [-0.1, -0.05) is 25.1 Å². The molecule has 20 heavy (non-hydrogen) atoms. The number of fused-ring (bicyclic) bond motifs is 1. The molecule has 110 valence electrons. The summed E-state index contributed by atoms with van der Waals surface area (Å²) >= 11 is 0. The molecule has 3 atom stereocenters. The molecule has 3 rings (SSSR count). The third-order valence-corrected chi connectivity index (χ3v) is 4.61. The van der Waals surface area contributed by atoms with Crippen LogP contribution in [0.15, 0.2) is 18.2 Å². The van der Waals surface area contributed by atoms with E-state index in [9.17, 15) is 0 Å². The molecule has 1 fully saturated rings. The summed E-state index contributed by atoms with van der Waals surface area (Å²) in [5.41, 5.74) is 5.56. The molecule has 0 radical (unpaired) electrons. The lowest BCUT2D eigenvalue weighted by molar-refractivity contribution is 0.0101. The molecule has 0 saturated carbocycles. The summed E-state index contributed by atoms with van der Waals surface area (Å²) in [6.07, 6.45) is 3.24. The highest BCUT2D eigenvalue weighted by atomic mass is 16.5. The number of para-hydroxylation sites is 1. The second-order valence-electron chi connectivity index (χ2n) is 5.94.